The molecule has 76 valence electrons. The van der Waals surface area contributed by atoms with Gasteiger partial charge >= 0.3 is 6.03 Å². The number of urea groups is 1. The minimum atomic E-state index is -0.217. The van der Waals surface area contributed by atoms with E-state index < -0.39 is 0 Å². The van der Waals surface area contributed by atoms with E-state index in [9.17, 15) is 4.79 Å². The Morgan fingerprint density at radius 3 is 3.08 bits per heavy atom. The van der Waals surface area contributed by atoms with E-state index in [1.807, 2.05) is 0 Å². The molecule has 1 aliphatic rings. The molecule has 0 saturated carbocycles. The van der Waals surface area contributed by atoms with Gasteiger partial charge in [-0.05, 0) is 6.42 Å². The molecule has 5 nitrogen and oxygen atoms in total. The lowest BCUT2D eigenvalue weighted by Crippen LogP contribution is -2.53. The Hall–Kier alpha value is -0.810. The number of amides is 2. The highest BCUT2D eigenvalue weighted by Crippen LogP contribution is 2.05. The normalized spacial score (nSPS) is 19.8. The first-order valence-electron chi connectivity index (χ1n) is 4.44. The summed E-state index contributed by atoms with van der Waals surface area (Å²) in [5.74, 6) is 0. The summed E-state index contributed by atoms with van der Waals surface area (Å²) in [6.45, 7) is 1.74. The van der Waals surface area contributed by atoms with Crippen LogP contribution >= 0.6 is 0 Å². The Balaban J connectivity index is 2.49. The number of carbonyl (C=O) groups excluding carboxylic acids is 1. The summed E-state index contributed by atoms with van der Waals surface area (Å²) in [4.78, 5) is 12.9. The third kappa shape index (κ3) is 2.57. The molecule has 1 heterocycles. The van der Waals surface area contributed by atoms with Gasteiger partial charge in [-0.1, -0.05) is 0 Å². The number of methoxy groups -OCH3 is 1. The predicted octanol–water partition coefficient (Wildman–Crippen LogP) is -0.591. The average molecular weight is 188 g/mol. The Morgan fingerprint density at radius 2 is 2.54 bits per heavy atom. The Morgan fingerprint density at radius 1 is 1.77 bits per heavy atom. The Kier molecular flexibility index (Phi) is 3.98. The lowest BCUT2D eigenvalue weighted by Gasteiger charge is -2.33. The van der Waals surface area contributed by atoms with Crippen molar-refractivity contribution in [2.75, 3.05) is 33.4 Å². The number of hydrogen-bond acceptors (Lipinski definition) is 3. The summed E-state index contributed by atoms with van der Waals surface area (Å²) in [6, 6.07) is -0.326. The van der Waals surface area contributed by atoms with E-state index in [-0.39, 0.29) is 18.7 Å². The number of nitrogens with one attached hydrogen (secondary N) is 1. The topological polar surface area (TPSA) is 61.8 Å². The molecule has 13 heavy (non-hydrogen) atoms. The summed E-state index contributed by atoms with van der Waals surface area (Å²) in [5.41, 5.74) is 0. The maximum Gasteiger partial charge on any atom is 0.317 e. The molecule has 0 radical (unpaired) electrons. The van der Waals surface area contributed by atoms with Crippen molar-refractivity contribution in [3.05, 3.63) is 0 Å². The van der Waals surface area contributed by atoms with E-state index in [1.165, 1.54) is 0 Å². The Bertz CT molecular complexity index is 175. The monoisotopic (exact) mass is 188 g/mol. The van der Waals surface area contributed by atoms with Crippen LogP contribution in [0, 0.1) is 0 Å². The van der Waals surface area contributed by atoms with Crippen LogP contribution < -0.4 is 5.32 Å². The van der Waals surface area contributed by atoms with Gasteiger partial charge in [0.15, 0.2) is 0 Å². The third-order valence-corrected chi connectivity index (χ3v) is 2.12. The van der Waals surface area contributed by atoms with Gasteiger partial charge in [-0.15, -0.1) is 0 Å². The molecule has 1 aliphatic heterocycles. The molecule has 1 saturated heterocycles. The van der Waals surface area contributed by atoms with E-state index in [4.69, 9.17) is 9.84 Å². The molecule has 0 aliphatic carbocycles. The molecule has 0 aromatic heterocycles. The van der Waals surface area contributed by atoms with Crippen LogP contribution in [-0.4, -0.2) is 55.5 Å². The van der Waals surface area contributed by atoms with Gasteiger partial charge < -0.3 is 20.1 Å². The summed E-state index contributed by atoms with van der Waals surface area (Å²) in [5, 5.41) is 11.8. The molecule has 1 unspecified atom stereocenters. The standard InChI is InChI=1S/C8H16N2O3/c1-13-6-7(5-11)10-4-2-3-9-8(10)12/h7,11H,2-6H2,1H3,(H,9,12). The van der Waals surface area contributed by atoms with Gasteiger partial charge in [-0.25, -0.2) is 4.79 Å². The first-order chi connectivity index (χ1) is 6.29. The third-order valence-electron chi connectivity index (χ3n) is 2.12. The minimum Gasteiger partial charge on any atom is -0.394 e. The number of nitrogens with zero attached hydrogens (tertiary/aromatic N) is 1. The van der Waals surface area contributed by atoms with Gasteiger partial charge in [0.25, 0.3) is 0 Å². The van der Waals surface area contributed by atoms with Crippen molar-refractivity contribution in [2.45, 2.75) is 12.5 Å². The molecule has 1 rings (SSSR count). The van der Waals surface area contributed by atoms with E-state index >= 15 is 0 Å². The summed E-state index contributed by atoms with van der Waals surface area (Å²) in [7, 11) is 1.56. The minimum absolute atomic E-state index is 0.0543. The maximum absolute atomic E-state index is 11.3. The van der Waals surface area contributed by atoms with E-state index in [1.54, 1.807) is 12.0 Å². The van der Waals surface area contributed by atoms with E-state index in [0.29, 0.717) is 13.2 Å². The number of aliphatic hydroxyl groups is 1. The van der Waals surface area contributed by atoms with Crippen molar-refractivity contribution in [2.24, 2.45) is 0 Å². The number of hydrogen-bond donors (Lipinski definition) is 2. The second-order valence-corrected chi connectivity index (χ2v) is 3.07. The van der Waals surface area contributed by atoms with Gasteiger partial charge in [0, 0.05) is 20.2 Å². The zero-order valence-electron chi connectivity index (χ0n) is 7.82. The lowest BCUT2D eigenvalue weighted by molar-refractivity contribution is 0.0630. The average Bonchev–Trinajstić information content (AvgIpc) is 2.16. The van der Waals surface area contributed by atoms with Gasteiger partial charge in [0.1, 0.15) is 0 Å². The number of ether oxygens (including phenoxy) is 1. The second-order valence-electron chi connectivity index (χ2n) is 3.07. The van der Waals surface area contributed by atoms with Crippen LogP contribution in [-0.2, 0) is 4.74 Å². The van der Waals surface area contributed by atoms with Crippen molar-refractivity contribution in [3.63, 3.8) is 0 Å². The fourth-order valence-electron chi connectivity index (χ4n) is 1.43. The van der Waals surface area contributed by atoms with Crippen molar-refractivity contribution >= 4 is 6.03 Å². The molecule has 1 atom stereocenters. The molecule has 5 heteroatoms. The molecular formula is C8H16N2O3. The van der Waals surface area contributed by atoms with Crippen LogP contribution in [0.3, 0.4) is 0 Å². The maximum atomic E-state index is 11.3. The smallest absolute Gasteiger partial charge is 0.317 e. The van der Waals surface area contributed by atoms with E-state index in [2.05, 4.69) is 5.32 Å². The van der Waals surface area contributed by atoms with Crippen LogP contribution in [0.1, 0.15) is 6.42 Å². The van der Waals surface area contributed by atoms with Gasteiger partial charge in [0.2, 0.25) is 0 Å². The van der Waals surface area contributed by atoms with Gasteiger partial charge in [-0.3, -0.25) is 0 Å². The summed E-state index contributed by atoms with van der Waals surface area (Å²) >= 11 is 0. The van der Waals surface area contributed by atoms with Crippen molar-refractivity contribution < 1.29 is 14.6 Å². The SMILES string of the molecule is COCC(CO)N1CCCNC1=O. The molecular weight excluding hydrogens is 172 g/mol. The second kappa shape index (κ2) is 5.04. The van der Waals surface area contributed by atoms with Crippen LogP contribution in [0.5, 0.6) is 0 Å². The van der Waals surface area contributed by atoms with Gasteiger partial charge in [-0.2, -0.15) is 0 Å². The first-order valence-corrected chi connectivity index (χ1v) is 4.44. The highest BCUT2D eigenvalue weighted by atomic mass is 16.5. The number of aliphatic hydroxyl groups excluding tert-OH is 1. The molecule has 0 aromatic carbocycles. The molecule has 0 bridgehead atoms. The van der Waals surface area contributed by atoms with Crippen LogP contribution in [0.2, 0.25) is 0 Å². The fourth-order valence-corrected chi connectivity index (χ4v) is 1.43. The highest BCUT2D eigenvalue weighted by Gasteiger charge is 2.24. The zero-order valence-corrected chi connectivity index (χ0v) is 7.82. The highest BCUT2D eigenvalue weighted by molar-refractivity contribution is 5.75. The summed E-state index contributed by atoms with van der Waals surface area (Å²) in [6.07, 6.45) is 0.923. The predicted molar refractivity (Wildman–Crippen MR) is 47.5 cm³/mol. The molecule has 2 amide bonds. The number of carbonyl (C=O) groups is 1. The van der Waals surface area contributed by atoms with Crippen molar-refractivity contribution in [3.8, 4) is 0 Å². The zero-order chi connectivity index (χ0) is 9.68. The quantitative estimate of drug-likeness (QED) is 0.620. The lowest BCUT2D eigenvalue weighted by atomic mass is 10.2. The van der Waals surface area contributed by atoms with Crippen LogP contribution in [0.25, 0.3) is 0 Å². The van der Waals surface area contributed by atoms with Crippen LogP contribution in [0.15, 0.2) is 0 Å². The molecule has 0 aromatic rings. The van der Waals surface area contributed by atoms with Crippen molar-refractivity contribution in [1.29, 1.82) is 0 Å². The summed E-state index contributed by atoms with van der Waals surface area (Å²) < 4.78 is 4.91. The first kappa shape index (κ1) is 10.3. The van der Waals surface area contributed by atoms with Crippen molar-refractivity contribution in [1.82, 2.24) is 10.2 Å². The van der Waals surface area contributed by atoms with E-state index in [0.717, 1.165) is 13.0 Å². The largest absolute Gasteiger partial charge is 0.394 e. The Labute approximate surface area is 77.7 Å². The molecule has 1 fully saturated rings. The van der Waals surface area contributed by atoms with Gasteiger partial charge in [0.05, 0.1) is 19.3 Å². The molecule has 2 N–H and O–H groups in total. The van der Waals surface area contributed by atoms with Crippen LogP contribution in [0.4, 0.5) is 4.79 Å². The fraction of sp³-hybridized carbons (Fsp3) is 0.875. The number of rotatable bonds is 4. The molecule has 0 spiro atoms.